The summed E-state index contributed by atoms with van der Waals surface area (Å²) in [4.78, 5) is 20.9. The maximum atomic E-state index is 10.7. The number of benzene rings is 2. The van der Waals surface area contributed by atoms with Gasteiger partial charge in [-0.2, -0.15) is 0 Å². The number of carbonyl (C=O) groups is 1. The molecule has 8 heteroatoms. The van der Waals surface area contributed by atoms with Gasteiger partial charge in [-0.3, -0.25) is 14.9 Å². The summed E-state index contributed by atoms with van der Waals surface area (Å²) in [6.07, 6.45) is 2.75. The van der Waals surface area contributed by atoms with Gasteiger partial charge in [0.15, 0.2) is 5.75 Å². The van der Waals surface area contributed by atoms with Gasteiger partial charge in [0.2, 0.25) is 5.24 Å². The maximum Gasteiger partial charge on any atom is 0.269 e. The van der Waals surface area contributed by atoms with Crippen molar-refractivity contribution in [3.8, 4) is 5.75 Å². The third kappa shape index (κ3) is 5.06. The number of nitrogens with zero attached hydrogens (tertiary/aromatic N) is 1. The first-order valence-electron chi connectivity index (χ1n) is 6.59. The van der Waals surface area contributed by atoms with Gasteiger partial charge in [0, 0.05) is 12.1 Å². The summed E-state index contributed by atoms with van der Waals surface area (Å²) in [6.45, 7) is 0.200. The molecule has 0 saturated heterocycles. The van der Waals surface area contributed by atoms with Crippen molar-refractivity contribution in [2.75, 3.05) is 0 Å². The fraction of sp³-hybridized carbons (Fsp3) is 0.0625. The van der Waals surface area contributed by atoms with E-state index in [1.54, 1.807) is 24.3 Å². The Bertz CT molecular complexity index is 783. The van der Waals surface area contributed by atoms with Crippen LogP contribution in [0.2, 0.25) is 5.02 Å². The molecule has 0 aliphatic rings. The molecule has 0 bridgehead atoms. The third-order valence-electron chi connectivity index (χ3n) is 2.96. The van der Waals surface area contributed by atoms with Gasteiger partial charge in [-0.05, 0) is 69.0 Å². The van der Waals surface area contributed by atoms with E-state index in [0.717, 1.165) is 5.56 Å². The van der Waals surface area contributed by atoms with Crippen molar-refractivity contribution in [3.05, 3.63) is 73.2 Å². The highest BCUT2D eigenvalue weighted by molar-refractivity contribution is 9.10. The van der Waals surface area contributed by atoms with E-state index in [2.05, 4.69) is 15.9 Å². The van der Waals surface area contributed by atoms with Crippen LogP contribution in [0.5, 0.6) is 5.75 Å². The minimum Gasteiger partial charge on any atom is -0.486 e. The molecule has 0 aliphatic heterocycles. The van der Waals surface area contributed by atoms with Crippen LogP contribution in [-0.2, 0) is 11.4 Å². The van der Waals surface area contributed by atoms with E-state index in [-0.39, 0.29) is 12.3 Å². The number of non-ortho nitro benzene ring substituents is 1. The predicted molar refractivity (Wildman–Crippen MR) is 96.5 cm³/mol. The Kier molecular flexibility index (Phi) is 6.36. The van der Waals surface area contributed by atoms with Crippen molar-refractivity contribution in [3.63, 3.8) is 0 Å². The zero-order valence-corrected chi connectivity index (χ0v) is 15.1. The van der Waals surface area contributed by atoms with Crippen molar-refractivity contribution < 1.29 is 14.5 Å². The van der Waals surface area contributed by atoms with Crippen molar-refractivity contribution >= 4 is 56.1 Å². The van der Waals surface area contributed by atoms with E-state index in [1.807, 2.05) is 0 Å². The number of hydrogen-bond acceptors (Lipinski definition) is 4. The number of hydrogen-bond donors (Lipinski definition) is 0. The Hall–Kier alpha value is -1.89. The zero-order chi connectivity index (χ0) is 17.7. The lowest BCUT2D eigenvalue weighted by atomic mass is 10.2. The molecule has 0 aromatic heterocycles. The van der Waals surface area contributed by atoms with Crippen LogP contribution in [0, 0.1) is 10.1 Å². The average Bonchev–Trinajstić information content (AvgIpc) is 2.52. The van der Waals surface area contributed by atoms with Crippen LogP contribution in [0.4, 0.5) is 5.69 Å². The normalized spacial score (nSPS) is 10.8. The summed E-state index contributed by atoms with van der Waals surface area (Å²) in [5.74, 6) is 0.435. The number of nitro benzene ring substituents is 1. The second-order valence-corrected chi connectivity index (χ2v) is 6.30. The molecule has 0 fully saturated rings. The van der Waals surface area contributed by atoms with Crippen LogP contribution < -0.4 is 4.74 Å². The first kappa shape index (κ1) is 18.4. The maximum absolute atomic E-state index is 10.7. The highest BCUT2D eigenvalue weighted by Crippen LogP contribution is 2.35. The largest absolute Gasteiger partial charge is 0.486 e. The Balaban J connectivity index is 2.12. The Morgan fingerprint density at radius 3 is 2.50 bits per heavy atom. The van der Waals surface area contributed by atoms with Crippen molar-refractivity contribution in [2.45, 2.75) is 6.61 Å². The van der Waals surface area contributed by atoms with Crippen molar-refractivity contribution in [1.29, 1.82) is 0 Å². The molecule has 24 heavy (non-hydrogen) atoms. The molecule has 0 spiro atoms. The Morgan fingerprint density at radius 1 is 1.29 bits per heavy atom. The van der Waals surface area contributed by atoms with E-state index in [4.69, 9.17) is 27.9 Å². The highest BCUT2D eigenvalue weighted by atomic mass is 79.9. The lowest BCUT2D eigenvalue weighted by Crippen LogP contribution is -1.97. The summed E-state index contributed by atoms with van der Waals surface area (Å²) >= 11 is 14.8. The molecule has 0 saturated carbocycles. The number of rotatable bonds is 6. The molecular formula is C16H10BrCl2NO4. The summed E-state index contributed by atoms with van der Waals surface area (Å²) in [7, 11) is 0. The van der Waals surface area contributed by atoms with Gasteiger partial charge in [0.25, 0.3) is 5.69 Å². The van der Waals surface area contributed by atoms with E-state index in [9.17, 15) is 14.9 Å². The molecular weight excluding hydrogens is 421 g/mol. The van der Waals surface area contributed by atoms with Gasteiger partial charge in [0.05, 0.1) is 14.4 Å². The summed E-state index contributed by atoms with van der Waals surface area (Å²) in [5, 5.41) is 10.4. The molecule has 0 unspecified atom stereocenters. The van der Waals surface area contributed by atoms with Crippen LogP contribution in [0.1, 0.15) is 11.1 Å². The number of ether oxygens (including phenoxy) is 1. The summed E-state index contributed by atoms with van der Waals surface area (Å²) in [6, 6.07) is 9.41. The minimum atomic E-state index is -0.583. The Morgan fingerprint density at radius 2 is 1.96 bits per heavy atom. The molecule has 0 radical (unpaired) electrons. The molecule has 2 rings (SSSR count). The second-order valence-electron chi connectivity index (χ2n) is 4.66. The standard InChI is InChI=1S/C16H10BrCl2NO4/c17-13-7-11(3-6-15(19)21)8-14(18)16(13)24-9-10-1-4-12(5-2-10)20(22)23/h1-8H,9H2/b6-3+. The topological polar surface area (TPSA) is 69.4 Å². The van der Waals surface area contributed by atoms with E-state index in [1.165, 1.54) is 24.3 Å². The number of carbonyl (C=O) groups excluding carboxylic acids is 1. The summed E-state index contributed by atoms with van der Waals surface area (Å²) < 4.78 is 6.28. The van der Waals surface area contributed by atoms with Crippen LogP contribution in [0.15, 0.2) is 46.9 Å². The quantitative estimate of drug-likeness (QED) is 0.267. The monoisotopic (exact) mass is 429 g/mol. The van der Waals surface area contributed by atoms with Crippen LogP contribution in [0.3, 0.4) is 0 Å². The summed E-state index contributed by atoms with van der Waals surface area (Å²) in [5.41, 5.74) is 1.46. The van der Waals surface area contributed by atoms with Crippen molar-refractivity contribution in [1.82, 2.24) is 0 Å². The zero-order valence-electron chi connectivity index (χ0n) is 12.0. The lowest BCUT2D eigenvalue weighted by Gasteiger charge is -2.11. The molecule has 2 aromatic carbocycles. The van der Waals surface area contributed by atoms with E-state index in [0.29, 0.717) is 20.8 Å². The molecule has 0 amide bonds. The smallest absolute Gasteiger partial charge is 0.269 e. The average molecular weight is 431 g/mol. The molecule has 124 valence electrons. The second kappa shape index (κ2) is 8.28. The number of nitro groups is 1. The van der Waals surface area contributed by atoms with Gasteiger partial charge >= 0.3 is 0 Å². The van der Waals surface area contributed by atoms with Crippen LogP contribution in [0.25, 0.3) is 6.08 Å². The van der Waals surface area contributed by atoms with Crippen LogP contribution in [-0.4, -0.2) is 10.2 Å². The number of allylic oxidation sites excluding steroid dienone is 1. The molecule has 2 aromatic rings. The van der Waals surface area contributed by atoms with Gasteiger partial charge < -0.3 is 4.74 Å². The lowest BCUT2D eigenvalue weighted by molar-refractivity contribution is -0.384. The van der Waals surface area contributed by atoms with E-state index >= 15 is 0 Å². The van der Waals surface area contributed by atoms with Gasteiger partial charge in [0.1, 0.15) is 6.61 Å². The molecule has 0 heterocycles. The van der Waals surface area contributed by atoms with E-state index < -0.39 is 10.2 Å². The van der Waals surface area contributed by atoms with Crippen LogP contribution >= 0.6 is 39.1 Å². The predicted octanol–water partition coefficient (Wildman–Crippen LogP) is 5.37. The third-order valence-corrected chi connectivity index (χ3v) is 3.95. The number of halogens is 3. The molecule has 0 aliphatic carbocycles. The first-order valence-corrected chi connectivity index (χ1v) is 8.14. The Labute approximate surface area is 156 Å². The highest BCUT2D eigenvalue weighted by Gasteiger charge is 2.10. The molecule has 0 N–H and O–H groups in total. The van der Waals surface area contributed by atoms with Gasteiger partial charge in [-0.25, -0.2) is 0 Å². The molecule has 0 atom stereocenters. The fourth-order valence-electron chi connectivity index (χ4n) is 1.84. The van der Waals surface area contributed by atoms with Gasteiger partial charge in [-0.15, -0.1) is 0 Å². The SMILES string of the molecule is O=C(Cl)/C=C/c1cc(Cl)c(OCc2ccc([N+](=O)[O-])cc2)c(Br)c1. The fourth-order valence-corrected chi connectivity index (χ4v) is 2.90. The van der Waals surface area contributed by atoms with Crippen molar-refractivity contribution in [2.24, 2.45) is 0 Å². The first-order chi connectivity index (χ1) is 11.4. The molecule has 5 nitrogen and oxygen atoms in total. The van der Waals surface area contributed by atoms with Gasteiger partial charge in [-0.1, -0.05) is 17.7 Å². The minimum absolute atomic E-state index is 0.0166.